The minimum atomic E-state index is -3.80. The second-order valence-corrected chi connectivity index (χ2v) is 5.95. The Balaban J connectivity index is 2.94. The SMILES string of the molecule is CNCCCNS(=O)(=O)c1cc(C(=O)O)ccc1Cl. The summed E-state index contributed by atoms with van der Waals surface area (Å²) in [5.41, 5.74) is -0.125. The standard InChI is InChI=1S/C11H15ClN2O4S/c1-13-5-2-6-14-19(17,18)10-7-8(11(15)16)3-4-9(10)12/h3-4,7,13-14H,2,5-6H2,1H3,(H,15,16). The lowest BCUT2D eigenvalue weighted by Gasteiger charge is -2.09. The van der Waals surface area contributed by atoms with Gasteiger partial charge in [0.05, 0.1) is 10.6 Å². The van der Waals surface area contributed by atoms with Crippen LogP contribution in [0.4, 0.5) is 0 Å². The highest BCUT2D eigenvalue weighted by atomic mass is 35.5. The average Bonchev–Trinajstić information content (AvgIpc) is 2.34. The largest absolute Gasteiger partial charge is 0.478 e. The van der Waals surface area contributed by atoms with Crippen molar-refractivity contribution in [2.75, 3.05) is 20.1 Å². The van der Waals surface area contributed by atoms with Crippen molar-refractivity contribution in [1.82, 2.24) is 10.0 Å². The molecule has 0 fully saturated rings. The van der Waals surface area contributed by atoms with E-state index in [1.54, 1.807) is 7.05 Å². The second-order valence-electron chi connectivity index (χ2n) is 3.81. The number of benzene rings is 1. The van der Waals surface area contributed by atoms with Crippen LogP contribution < -0.4 is 10.0 Å². The maximum absolute atomic E-state index is 12.0. The number of carbonyl (C=O) groups is 1. The number of halogens is 1. The molecular formula is C11H15ClN2O4S. The number of sulfonamides is 1. The van der Waals surface area contributed by atoms with E-state index in [1.165, 1.54) is 12.1 Å². The smallest absolute Gasteiger partial charge is 0.335 e. The molecule has 0 aliphatic rings. The Morgan fingerprint density at radius 2 is 2.05 bits per heavy atom. The number of hydrogen-bond donors (Lipinski definition) is 3. The summed E-state index contributed by atoms with van der Waals surface area (Å²) in [5, 5.41) is 11.7. The lowest BCUT2D eigenvalue weighted by Crippen LogP contribution is -2.27. The van der Waals surface area contributed by atoms with E-state index in [-0.39, 0.29) is 22.0 Å². The molecule has 19 heavy (non-hydrogen) atoms. The fourth-order valence-corrected chi connectivity index (χ4v) is 2.99. The van der Waals surface area contributed by atoms with Gasteiger partial charge in [-0.25, -0.2) is 17.9 Å². The van der Waals surface area contributed by atoms with Gasteiger partial charge in [0.15, 0.2) is 0 Å². The number of rotatable bonds is 7. The number of carboxylic acid groups (broad SMARTS) is 1. The summed E-state index contributed by atoms with van der Waals surface area (Å²) in [6, 6.07) is 3.56. The Morgan fingerprint density at radius 1 is 1.37 bits per heavy atom. The number of hydrogen-bond acceptors (Lipinski definition) is 4. The highest BCUT2D eigenvalue weighted by Gasteiger charge is 2.19. The molecule has 0 amide bonds. The summed E-state index contributed by atoms with van der Waals surface area (Å²) < 4.78 is 26.3. The van der Waals surface area contributed by atoms with Crippen molar-refractivity contribution in [1.29, 1.82) is 0 Å². The zero-order valence-electron chi connectivity index (χ0n) is 10.3. The van der Waals surface area contributed by atoms with Gasteiger partial charge in [-0.05, 0) is 38.2 Å². The van der Waals surface area contributed by atoms with Crippen molar-refractivity contribution < 1.29 is 18.3 Å². The van der Waals surface area contributed by atoms with Crippen LogP contribution in [0.15, 0.2) is 23.1 Å². The quantitative estimate of drug-likeness (QED) is 0.651. The van der Waals surface area contributed by atoms with E-state index in [1.807, 2.05) is 0 Å². The summed E-state index contributed by atoms with van der Waals surface area (Å²) in [6.07, 6.45) is 0.617. The Hall–Kier alpha value is -1.15. The Bertz CT molecular complexity index is 560. The maximum Gasteiger partial charge on any atom is 0.335 e. The van der Waals surface area contributed by atoms with Gasteiger partial charge in [-0.15, -0.1) is 0 Å². The van der Waals surface area contributed by atoms with E-state index in [0.29, 0.717) is 13.0 Å². The van der Waals surface area contributed by atoms with Crippen LogP contribution in [0.5, 0.6) is 0 Å². The van der Waals surface area contributed by atoms with Crippen molar-refractivity contribution in [2.45, 2.75) is 11.3 Å². The molecule has 1 rings (SSSR count). The van der Waals surface area contributed by atoms with Gasteiger partial charge in [0, 0.05) is 6.54 Å². The first-order chi connectivity index (χ1) is 8.88. The van der Waals surface area contributed by atoms with E-state index in [2.05, 4.69) is 10.0 Å². The van der Waals surface area contributed by atoms with E-state index in [4.69, 9.17) is 16.7 Å². The molecule has 0 aliphatic heterocycles. The summed E-state index contributed by atoms with van der Waals surface area (Å²) >= 11 is 5.80. The fourth-order valence-electron chi connectivity index (χ4n) is 1.39. The lowest BCUT2D eigenvalue weighted by atomic mass is 10.2. The first-order valence-corrected chi connectivity index (χ1v) is 7.41. The van der Waals surface area contributed by atoms with Crippen LogP contribution in [-0.2, 0) is 10.0 Å². The third kappa shape index (κ3) is 4.46. The van der Waals surface area contributed by atoms with Crippen LogP contribution in [0, 0.1) is 0 Å². The third-order valence-corrected chi connectivity index (χ3v) is 4.31. The molecule has 0 saturated carbocycles. The predicted molar refractivity (Wildman–Crippen MR) is 72.1 cm³/mol. The van der Waals surface area contributed by atoms with E-state index < -0.39 is 16.0 Å². The zero-order chi connectivity index (χ0) is 14.5. The number of nitrogens with one attached hydrogen (secondary N) is 2. The highest BCUT2D eigenvalue weighted by molar-refractivity contribution is 7.89. The first-order valence-electron chi connectivity index (χ1n) is 5.55. The molecular weight excluding hydrogens is 292 g/mol. The second kappa shape index (κ2) is 6.85. The van der Waals surface area contributed by atoms with E-state index in [9.17, 15) is 13.2 Å². The molecule has 0 spiro atoms. The van der Waals surface area contributed by atoms with Crippen molar-refractivity contribution in [3.8, 4) is 0 Å². The number of carboxylic acids is 1. The Morgan fingerprint density at radius 3 is 2.63 bits per heavy atom. The summed E-state index contributed by atoms with van der Waals surface area (Å²) in [4.78, 5) is 10.6. The van der Waals surface area contributed by atoms with Crippen LogP contribution in [-0.4, -0.2) is 39.6 Å². The van der Waals surface area contributed by atoms with Gasteiger partial charge in [-0.3, -0.25) is 0 Å². The molecule has 1 aromatic rings. The molecule has 0 atom stereocenters. The van der Waals surface area contributed by atoms with Crippen LogP contribution in [0.25, 0.3) is 0 Å². The summed E-state index contributed by atoms with van der Waals surface area (Å²) in [6.45, 7) is 0.919. The monoisotopic (exact) mass is 306 g/mol. The third-order valence-electron chi connectivity index (χ3n) is 2.36. The van der Waals surface area contributed by atoms with Gasteiger partial charge >= 0.3 is 5.97 Å². The molecule has 0 aromatic heterocycles. The average molecular weight is 307 g/mol. The molecule has 0 saturated heterocycles. The first kappa shape index (κ1) is 15.9. The van der Waals surface area contributed by atoms with E-state index in [0.717, 1.165) is 6.07 Å². The molecule has 0 radical (unpaired) electrons. The maximum atomic E-state index is 12.0. The Kier molecular flexibility index (Phi) is 5.74. The molecule has 8 heteroatoms. The molecule has 0 bridgehead atoms. The molecule has 0 unspecified atom stereocenters. The van der Waals surface area contributed by atoms with Crippen LogP contribution in [0.3, 0.4) is 0 Å². The normalized spacial score (nSPS) is 11.5. The van der Waals surface area contributed by atoms with Crippen molar-refractivity contribution in [3.63, 3.8) is 0 Å². The summed E-state index contributed by atoms with van der Waals surface area (Å²) in [7, 11) is -2.03. The van der Waals surface area contributed by atoms with Gasteiger partial charge in [0.1, 0.15) is 4.90 Å². The molecule has 3 N–H and O–H groups in total. The summed E-state index contributed by atoms with van der Waals surface area (Å²) in [5.74, 6) is -1.21. The molecule has 1 aromatic carbocycles. The molecule has 6 nitrogen and oxygen atoms in total. The van der Waals surface area contributed by atoms with Gasteiger partial charge < -0.3 is 10.4 Å². The van der Waals surface area contributed by atoms with Crippen molar-refractivity contribution >= 4 is 27.6 Å². The van der Waals surface area contributed by atoms with Gasteiger partial charge in [0.2, 0.25) is 10.0 Å². The highest BCUT2D eigenvalue weighted by Crippen LogP contribution is 2.22. The van der Waals surface area contributed by atoms with Gasteiger partial charge in [0.25, 0.3) is 0 Å². The van der Waals surface area contributed by atoms with Crippen LogP contribution >= 0.6 is 11.6 Å². The fraction of sp³-hybridized carbons (Fsp3) is 0.364. The van der Waals surface area contributed by atoms with E-state index >= 15 is 0 Å². The number of aromatic carboxylic acids is 1. The minimum absolute atomic E-state index is 0.00823. The van der Waals surface area contributed by atoms with Gasteiger partial charge in [-0.1, -0.05) is 11.6 Å². The van der Waals surface area contributed by atoms with Crippen molar-refractivity contribution in [2.24, 2.45) is 0 Å². The molecule has 0 heterocycles. The van der Waals surface area contributed by atoms with Crippen molar-refractivity contribution in [3.05, 3.63) is 28.8 Å². The van der Waals surface area contributed by atoms with Crippen LogP contribution in [0.2, 0.25) is 5.02 Å². The lowest BCUT2D eigenvalue weighted by molar-refractivity contribution is 0.0696. The topological polar surface area (TPSA) is 95.5 Å². The van der Waals surface area contributed by atoms with Gasteiger partial charge in [-0.2, -0.15) is 0 Å². The zero-order valence-corrected chi connectivity index (χ0v) is 11.9. The Labute approximate surface area is 116 Å². The minimum Gasteiger partial charge on any atom is -0.478 e. The molecule has 106 valence electrons. The predicted octanol–water partition coefficient (Wildman–Crippen LogP) is 0.926. The molecule has 0 aliphatic carbocycles. The van der Waals surface area contributed by atoms with Crippen LogP contribution in [0.1, 0.15) is 16.8 Å².